The summed E-state index contributed by atoms with van der Waals surface area (Å²) in [7, 11) is -3.72. The van der Waals surface area contributed by atoms with Crippen molar-refractivity contribution < 1.29 is 13.2 Å². The van der Waals surface area contributed by atoms with E-state index in [1.54, 1.807) is 17.4 Å². The van der Waals surface area contributed by atoms with Crippen molar-refractivity contribution in [3.63, 3.8) is 0 Å². The zero-order chi connectivity index (χ0) is 22.8. The molecule has 170 valence electrons. The van der Waals surface area contributed by atoms with Gasteiger partial charge in [0.05, 0.1) is 12.6 Å². The van der Waals surface area contributed by atoms with Gasteiger partial charge in [0.25, 0.3) is 0 Å². The van der Waals surface area contributed by atoms with Crippen LogP contribution >= 0.6 is 11.3 Å². The van der Waals surface area contributed by atoms with Crippen LogP contribution in [0.5, 0.6) is 0 Å². The second kappa shape index (κ2) is 9.25. The summed E-state index contributed by atoms with van der Waals surface area (Å²) in [6.45, 7) is 0.458. The van der Waals surface area contributed by atoms with E-state index in [1.807, 2.05) is 65.6 Å². The molecule has 0 radical (unpaired) electrons. The second-order valence-electron chi connectivity index (χ2n) is 8.48. The Bertz CT molecular complexity index is 1250. The van der Waals surface area contributed by atoms with Gasteiger partial charge in [-0.05, 0) is 53.5 Å². The Morgan fingerprint density at radius 2 is 1.73 bits per heavy atom. The standard InChI is InChI=1S/C26H26N2O3S2/c29-25(19-28(22-11-12-22)33(30,31)18-15-20-7-3-1-4-8-20)27-16-13-24-23(14-17-32-24)26(27)21-9-5-2-6-10-21/h1-10,14-15,17-18,22,26H,11-13,16,19H2/b18-15+. The summed E-state index contributed by atoms with van der Waals surface area (Å²) in [5.74, 6) is -0.149. The lowest BCUT2D eigenvalue weighted by atomic mass is 9.93. The van der Waals surface area contributed by atoms with Gasteiger partial charge in [-0.1, -0.05) is 60.7 Å². The highest BCUT2D eigenvalue weighted by molar-refractivity contribution is 7.92. The zero-order valence-electron chi connectivity index (χ0n) is 18.2. The molecular weight excluding hydrogens is 452 g/mol. The normalized spacial score (nSPS) is 18.6. The van der Waals surface area contributed by atoms with Gasteiger partial charge in [0.15, 0.2) is 0 Å². The van der Waals surface area contributed by atoms with Crippen LogP contribution < -0.4 is 0 Å². The highest BCUT2D eigenvalue weighted by Crippen LogP contribution is 2.38. The average Bonchev–Trinajstić information content (AvgIpc) is 3.57. The average molecular weight is 479 g/mol. The molecule has 2 aromatic carbocycles. The van der Waals surface area contributed by atoms with Crippen LogP contribution in [-0.2, 0) is 21.2 Å². The molecule has 0 spiro atoms. The minimum absolute atomic E-state index is 0.101. The van der Waals surface area contributed by atoms with Crippen molar-refractivity contribution in [1.29, 1.82) is 0 Å². The van der Waals surface area contributed by atoms with Crippen LogP contribution in [0.25, 0.3) is 6.08 Å². The topological polar surface area (TPSA) is 57.7 Å². The molecule has 1 unspecified atom stereocenters. The van der Waals surface area contributed by atoms with Crippen LogP contribution in [0.2, 0.25) is 0 Å². The molecular formula is C26H26N2O3S2. The summed E-state index contributed by atoms with van der Waals surface area (Å²) in [6, 6.07) is 21.1. The molecule has 7 heteroatoms. The van der Waals surface area contributed by atoms with Gasteiger partial charge in [-0.3, -0.25) is 4.79 Å². The maximum atomic E-state index is 13.6. The van der Waals surface area contributed by atoms with Gasteiger partial charge in [-0.15, -0.1) is 11.3 Å². The lowest BCUT2D eigenvalue weighted by Crippen LogP contribution is -2.47. The molecule has 0 bridgehead atoms. The molecule has 1 fully saturated rings. The van der Waals surface area contributed by atoms with E-state index >= 15 is 0 Å². The number of benzene rings is 2. The molecule has 2 aliphatic rings. The molecule has 1 aliphatic heterocycles. The second-order valence-corrected chi connectivity index (χ2v) is 11.3. The third-order valence-corrected chi connectivity index (χ3v) is 8.76. The summed E-state index contributed by atoms with van der Waals surface area (Å²) in [6.07, 6.45) is 3.98. The number of hydrogen-bond acceptors (Lipinski definition) is 4. The van der Waals surface area contributed by atoms with Crippen LogP contribution in [-0.4, -0.2) is 42.7 Å². The Hall–Kier alpha value is -2.74. The Morgan fingerprint density at radius 3 is 2.42 bits per heavy atom. The molecule has 33 heavy (non-hydrogen) atoms. The fraction of sp³-hybridized carbons (Fsp3) is 0.269. The fourth-order valence-corrected chi connectivity index (χ4v) is 6.71. The predicted molar refractivity (Wildman–Crippen MR) is 132 cm³/mol. The van der Waals surface area contributed by atoms with Crippen molar-refractivity contribution in [2.75, 3.05) is 13.1 Å². The SMILES string of the molecule is O=C(CN(C1CC1)S(=O)(=O)/C=C/c1ccccc1)N1CCc2sccc2C1c1ccccc1. The minimum atomic E-state index is -3.72. The molecule has 1 aromatic heterocycles. The van der Waals surface area contributed by atoms with Crippen LogP contribution in [0.1, 0.15) is 40.5 Å². The highest BCUT2D eigenvalue weighted by Gasteiger charge is 2.40. The van der Waals surface area contributed by atoms with Crippen molar-refractivity contribution in [2.24, 2.45) is 0 Å². The molecule has 1 atom stereocenters. The summed E-state index contributed by atoms with van der Waals surface area (Å²) >= 11 is 1.72. The number of carbonyl (C=O) groups is 1. The maximum Gasteiger partial charge on any atom is 0.238 e. The fourth-order valence-electron chi connectivity index (χ4n) is 4.40. The van der Waals surface area contributed by atoms with Crippen LogP contribution in [0.15, 0.2) is 77.5 Å². The smallest absolute Gasteiger partial charge is 0.238 e. The number of nitrogens with zero attached hydrogens (tertiary/aromatic N) is 2. The Labute approximate surface area is 199 Å². The van der Waals surface area contributed by atoms with E-state index in [-0.39, 0.29) is 24.5 Å². The van der Waals surface area contributed by atoms with Crippen LogP contribution in [0.4, 0.5) is 0 Å². The molecule has 1 saturated carbocycles. The first-order valence-electron chi connectivity index (χ1n) is 11.2. The number of carbonyl (C=O) groups excluding carboxylic acids is 1. The van der Waals surface area contributed by atoms with E-state index < -0.39 is 10.0 Å². The maximum absolute atomic E-state index is 13.6. The highest BCUT2D eigenvalue weighted by atomic mass is 32.2. The van der Waals surface area contributed by atoms with E-state index in [0.29, 0.717) is 6.54 Å². The number of amides is 1. The van der Waals surface area contributed by atoms with Gasteiger partial charge in [0, 0.05) is 22.9 Å². The number of fused-ring (bicyclic) bond motifs is 1. The van der Waals surface area contributed by atoms with Crippen LogP contribution in [0.3, 0.4) is 0 Å². The molecule has 1 amide bonds. The number of sulfonamides is 1. The van der Waals surface area contributed by atoms with Crippen molar-refractivity contribution >= 4 is 33.3 Å². The summed E-state index contributed by atoms with van der Waals surface area (Å²) in [5, 5.41) is 3.31. The van der Waals surface area contributed by atoms with Gasteiger partial charge in [0.2, 0.25) is 15.9 Å². The third-order valence-electron chi connectivity index (χ3n) is 6.21. The zero-order valence-corrected chi connectivity index (χ0v) is 19.8. The molecule has 2 heterocycles. The monoisotopic (exact) mass is 478 g/mol. The summed E-state index contributed by atoms with van der Waals surface area (Å²) in [5.41, 5.74) is 3.01. The first kappa shape index (κ1) is 22.1. The molecule has 0 saturated heterocycles. The summed E-state index contributed by atoms with van der Waals surface area (Å²) < 4.78 is 27.8. The summed E-state index contributed by atoms with van der Waals surface area (Å²) in [4.78, 5) is 16.7. The minimum Gasteiger partial charge on any atom is -0.330 e. The van der Waals surface area contributed by atoms with Gasteiger partial charge in [-0.25, -0.2) is 8.42 Å². The largest absolute Gasteiger partial charge is 0.330 e. The lowest BCUT2D eigenvalue weighted by molar-refractivity contribution is -0.133. The van der Waals surface area contributed by atoms with Crippen molar-refractivity contribution in [1.82, 2.24) is 9.21 Å². The predicted octanol–water partition coefficient (Wildman–Crippen LogP) is 4.69. The van der Waals surface area contributed by atoms with Crippen molar-refractivity contribution in [2.45, 2.75) is 31.3 Å². The first-order valence-corrected chi connectivity index (χ1v) is 13.6. The van der Waals surface area contributed by atoms with E-state index in [0.717, 1.165) is 36.0 Å². The van der Waals surface area contributed by atoms with E-state index in [4.69, 9.17) is 0 Å². The number of thiophene rings is 1. The molecule has 3 aromatic rings. The van der Waals surface area contributed by atoms with Crippen molar-refractivity contribution in [3.8, 4) is 0 Å². The van der Waals surface area contributed by atoms with E-state index in [9.17, 15) is 13.2 Å². The molecule has 5 nitrogen and oxygen atoms in total. The Balaban J connectivity index is 1.40. The van der Waals surface area contributed by atoms with E-state index in [2.05, 4.69) is 11.4 Å². The van der Waals surface area contributed by atoms with Crippen LogP contribution in [0, 0.1) is 0 Å². The van der Waals surface area contributed by atoms with Gasteiger partial charge >= 0.3 is 0 Å². The molecule has 0 N–H and O–H groups in total. The lowest BCUT2D eigenvalue weighted by Gasteiger charge is -2.37. The van der Waals surface area contributed by atoms with Gasteiger partial charge < -0.3 is 4.90 Å². The Kier molecular flexibility index (Phi) is 6.19. The molecule has 1 aliphatic carbocycles. The molecule has 5 rings (SSSR count). The Morgan fingerprint density at radius 1 is 1.03 bits per heavy atom. The van der Waals surface area contributed by atoms with E-state index in [1.165, 1.54) is 14.6 Å². The quantitative estimate of drug-likeness (QED) is 0.495. The number of hydrogen-bond donors (Lipinski definition) is 0. The van der Waals surface area contributed by atoms with Gasteiger partial charge in [0.1, 0.15) is 0 Å². The van der Waals surface area contributed by atoms with Gasteiger partial charge in [-0.2, -0.15) is 4.31 Å². The number of rotatable bonds is 7. The first-order chi connectivity index (χ1) is 16.0. The van der Waals surface area contributed by atoms with Crippen molar-refractivity contribution in [3.05, 3.63) is 99.1 Å². The third kappa shape index (κ3) is 4.81.